The molecule has 25 heavy (non-hydrogen) atoms. The highest BCUT2D eigenvalue weighted by molar-refractivity contribution is 6.33. The molecule has 4 aromatic rings. The Hall–Kier alpha value is -3.15. The van der Waals surface area contributed by atoms with E-state index in [1.807, 2.05) is 59.2 Å². The molecule has 0 aliphatic heterocycles. The third-order valence-electron chi connectivity index (χ3n) is 4.09. The Morgan fingerprint density at radius 1 is 1.00 bits per heavy atom. The molecule has 1 N–H and O–H groups in total. The van der Waals surface area contributed by atoms with Crippen molar-refractivity contribution in [3.8, 4) is 11.3 Å². The fraction of sp³-hybridized carbons (Fsp3) is 0.105. The van der Waals surface area contributed by atoms with E-state index < -0.39 is 0 Å². The number of rotatable bonds is 5. The van der Waals surface area contributed by atoms with Gasteiger partial charge < -0.3 is 5.32 Å². The molecular formula is C19H16BN5. The van der Waals surface area contributed by atoms with Crippen LogP contribution in [-0.2, 0) is 6.42 Å². The van der Waals surface area contributed by atoms with E-state index in [9.17, 15) is 0 Å². The lowest BCUT2D eigenvalue weighted by atomic mass is 9.89. The first-order valence-corrected chi connectivity index (χ1v) is 8.14. The Morgan fingerprint density at radius 3 is 2.68 bits per heavy atom. The number of anilines is 1. The average molecular weight is 325 g/mol. The van der Waals surface area contributed by atoms with Crippen molar-refractivity contribution in [2.45, 2.75) is 6.42 Å². The Morgan fingerprint density at radius 2 is 1.84 bits per heavy atom. The minimum absolute atomic E-state index is 0.756. The number of benzene rings is 1. The summed E-state index contributed by atoms with van der Waals surface area (Å²) in [4.78, 5) is 8.47. The molecule has 0 unspecified atom stereocenters. The van der Waals surface area contributed by atoms with Gasteiger partial charge in [0.25, 0.3) is 0 Å². The third kappa shape index (κ3) is 3.24. The molecule has 3 heterocycles. The zero-order chi connectivity index (χ0) is 17.1. The molecule has 0 bridgehead atoms. The van der Waals surface area contributed by atoms with Crippen LogP contribution in [0.4, 0.5) is 5.82 Å². The standard InChI is InChI=1S/C19H16BN5/c20-16-4-2-1-3-14(16)9-12-22-18-5-6-19-23-13-17(25(19)24-18)15-7-10-21-11-8-15/h1-8,10-11,13H,9,12H2,(H,22,24). The van der Waals surface area contributed by atoms with Crippen molar-refractivity contribution in [1.29, 1.82) is 0 Å². The van der Waals surface area contributed by atoms with Gasteiger partial charge in [0, 0.05) is 24.5 Å². The summed E-state index contributed by atoms with van der Waals surface area (Å²) >= 11 is 0. The van der Waals surface area contributed by atoms with Gasteiger partial charge in [0.05, 0.1) is 11.9 Å². The highest BCUT2D eigenvalue weighted by atomic mass is 15.3. The van der Waals surface area contributed by atoms with Crippen LogP contribution in [0, 0.1) is 0 Å². The zero-order valence-corrected chi connectivity index (χ0v) is 13.6. The van der Waals surface area contributed by atoms with Gasteiger partial charge in [-0.2, -0.15) is 0 Å². The van der Waals surface area contributed by atoms with E-state index in [1.54, 1.807) is 12.4 Å². The predicted octanol–water partition coefficient (Wildman–Crippen LogP) is 2.24. The molecule has 6 heteroatoms. The average Bonchev–Trinajstić information content (AvgIpc) is 3.07. The smallest absolute Gasteiger partial charge is 0.154 e. The first-order chi connectivity index (χ1) is 12.3. The minimum atomic E-state index is 0.756. The van der Waals surface area contributed by atoms with E-state index in [0.29, 0.717) is 0 Å². The van der Waals surface area contributed by atoms with Crippen molar-refractivity contribution < 1.29 is 0 Å². The van der Waals surface area contributed by atoms with Crippen LogP contribution in [0.2, 0.25) is 0 Å². The van der Waals surface area contributed by atoms with Gasteiger partial charge in [-0.15, -0.1) is 5.10 Å². The van der Waals surface area contributed by atoms with E-state index in [0.717, 1.165) is 46.7 Å². The summed E-state index contributed by atoms with van der Waals surface area (Å²) < 4.78 is 1.84. The molecule has 2 radical (unpaired) electrons. The number of fused-ring (bicyclic) bond motifs is 1. The molecule has 120 valence electrons. The molecule has 0 atom stereocenters. The van der Waals surface area contributed by atoms with Crippen molar-refractivity contribution in [3.63, 3.8) is 0 Å². The molecule has 1 aromatic carbocycles. The number of hydrogen-bond donors (Lipinski definition) is 1. The van der Waals surface area contributed by atoms with Crippen molar-refractivity contribution >= 4 is 24.8 Å². The fourth-order valence-corrected chi connectivity index (χ4v) is 2.77. The van der Waals surface area contributed by atoms with Gasteiger partial charge >= 0.3 is 0 Å². The Bertz CT molecular complexity index is 997. The number of nitrogens with zero attached hydrogens (tertiary/aromatic N) is 4. The van der Waals surface area contributed by atoms with Crippen molar-refractivity contribution in [2.24, 2.45) is 0 Å². The number of nitrogens with one attached hydrogen (secondary N) is 1. The molecule has 0 amide bonds. The highest BCUT2D eigenvalue weighted by Gasteiger charge is 2.07. The summed E-state index contributed by atoms with van der Waals surface area (Å²) in [7, 11) is 5.98. The third-order valence-corrected chi connectivity index (χ3v) is 4.09. The van der Waals surface area contributed by atoms with Crippen molar-refractivity contribution in [1.82, 2.24) is 19.6 Å². The highest BCUT2D eigenvalue weighted by Crippen LogP contribution is 2.19. The van der Waals surface area contributed by atoms with E-state index in [1.165, 1.54) is 0 Å². The second-order valence-corrected chi connectivity index (χ2v) is 5.74. The minimum Gasteiger partial charge on any atom is -0.368 e. The van der Waals surface area contributed by atoms with Crippen molar-refractivity contribution in [2.75, 3.05) is 11.9 Å². The van der Waals surface area contributed by atoms with Crippen LogP contribution in [0.15, 0.2) is 67.1 Å². The first kappa shape index (κ1) is 15.4. The largest absolute Gasteiger partial charge is 0.368 e. The monoisotopic (exact) mass is 325 g/mol. The SMILES string of the molecule is [B]c1ccccc1CCNc1ccc2ncc(-c3ccncc3)n2n1. The van der Waals surface area contributed by atoms with Gasteiger partial charge in [0.2, 0.25) is 0 Å². The maximum atomic E-state index is 5.98. The number of hydrogen-bond acceptors (Lipinski definition) is 4. The van der Waals surface area contributed by atoms with Crippen LogP contribution in [0.3, 0.4) is 0 Å². The van der Waals surface area contributed by atoms with Crippen LogP contribution < -0.4 is 10.8 Å². The molecule has 0 fully saturated rings. The Kier molecular flexibility index (Phi) is 4.17. The molecule has 0 saturated carbocycles. The van der Waals surface area contributed by atoms with Gasteiger partial charge in [-0.05, 0) is 30.7 Å². The van der Waals surface area contributed by atoms with Gasteiger partial charge in [0.1, 0.15) is 13.7 Å². The second-order valence-electron chi connectivity index (χ2n) is 5.74. The topological polar surface area (TPSA) is 55.1 Å². The fourth-order valence-electron chi connectivity index (χ4n) is 2.77. The van der Waals surface area contributed by atoms with Crippen LogP contribution in [0.1, 0.15) is 5.56 Å². The molecule has 5 nitrogen and oxygen atoms in total. The molecule has 0 saturated heterocycles. The molecule has 0 spiro atoms. The van der Waals surface area contributed by atoms with Crippen LogP contribution in [0.25, 0.3) is 16.9 Å². The normalized spacial score (nSPS) is 10.9. The van der Waals surface area contributed by atoms with Gasteiger partial charge in [-0.3, -0.25) is 4.98 Å². The lowest BCUT2D eigenvalue weighted by Gasteiger charge is -2.09. The maximum Gasteiger partial charge on any atom is 0.154 e. The van der Waals surface area contributed by atoms with Crippen molar-refractivity contribution in [3.05, 3.63) is 72.7 Å². The number of imidazole rings is 1. The second kappa shape index (κ2) is 6.77. The maximum absolute atomic E-state index is 5.98. The lowest BCUT2D eigenvalue weighted by molar-refractivity contribution is 0.921. The summed E-state index contributed by atoms with van der Waals surface area (Å²) in [6.07, 6.45) is 6.20. The molecule has 3 aromatic heterocycles. The molecular weight excluding hydrogens is 309 g/mol. The predicted molar refractivity (Wildman–Crippen MR) is 100 cm³/mol. The Balaban J connectivity index is 1.54. The van der Waals surface area contributed by atoms with Crippen LogP contribution in [-0.4, -0.2) is 34.0 Å². The number of pyridine rings is 1. The quantitative estimate of drug-likeness (QED) is 0.572. The lowest BCUT2D eigenvalue weighted by Crippen LogP contribution is -2.15. The summed E-state index contributed by atoms with van der Waals surface area (Å²) in [6, 6.07) is 15.7. The number of aromatic nitrogens is 4. The van der Waals surface area contributed by atoms with Crippen LogP contribution in [0.5, 0.6) is 0 Å². The van der Waals surface area contributed by atoms with E-state index in [-0.39, 0.29) is 0 Å². The molecule has 0 aliphatic carbocycles. The molecule has 0 aliphatic rings. The first-order valence-electron chi connectivity index (χ1n) is 8.14. The molecule has 4 rings (SSSR count). The van der Waals surface area contributed by atoms with E-state index in [4.69, 9.17) is 7.85 Å². The van der Waals surface area contributed by atoms with Crippen LogP contribution >= 0.6 is 0 Å². The summed E-state index contributed by atoms with van der Waals surface area (Å²) in [6.45, 7) is 0.756. The zero-order valence-electron chi connectivity index (χ0n) is 13.6. The van der Waals surface area contributed by atoms with Gasteiger partial charge in [0.15, 0.2) is 5.65 Å². The summed E-state index contributed by atoms with van der Waals surface area (Å²) in [5.41, 5.74) is 4.74. The van der Waals surface area contributed by atoms with Gasteiger partial charge in [-0.25, -0.2) is 9.50 Å². The van der Waals surface area contributed by atoms with E-state index >= 15 is 0 Å². The van der Waals surface area contributed by atoms with Gasteiger partial charge in [-0.1, -0.05) is 35.3 Å². The Labute approximate surface area is 147 Å². The summed E-state index contributed by atoms with van der Waals surface area (Å²) in [5, 5.41) is 8.01. The van der Waals surface area contributed by atoms with E-state index in [2.05, 4.69) is 20.4 Å². The summed E-state index contributed by atoms with van der Waals surface area (Å²) in [5.74, 6) is 0.801.